The first-order valence-corrected chi connectivity index (χ1v) is 13.2. The van der Waals surface area contributed by atoms with Crippen LogP contribution >= 0.6 is 0 Å². The number of pyridine rings is 1. The third kappa shape index (κ3) is 5.91. The van der Waals surface area contributed by atoms with E-state index in [1.54, 1.807) is 0 Å². The van der Waals surface area contributed by atoms with Crippen molar-refractivity contribution in [3.8, 4) is 0 Å². The summed E-state index contributed by atoms with van der Waals surface area (Å²) in [6.45, 7) is 4.52. The predicted molar refractivity (Wildman–Crippen MR) is 127 cm³/mol. The fourth-order valence-electron chi connectivity index (χ4n) is 2.85. The lowest BCUT2D eigenvalue weighted by atomic mass is 10.3. The SMILES string of the molecule is CNS(=O)(=O)c1ccc(S(=O)(=O)C(C)(C)C)c(Nc2cc(Nc3ccc(C(F)(F)F)cn3)ncn2)c1. The van der Waals surface area contributed by atoms with E-state index in [9.17, 15) is 30.0 Å². The first kappa shape index (κ1) is 27.3. The van der Waals surface area contributed by atoms with Gasteiger partial charge < -0.3 is 10.6 Å². The van der Waals surface area contributed by atoms with E-state index in [2.05, 4.69) is 30.3 Å². The van der Waals surface area contributed by atoms with E-state index in [0.717, 1.165) is 24.5 Å². The minimum Gasteiger partial charge on any atom is -0.339 e. The van der Waals surface area contributed by atoms with E-state index in [4.69, 9.17) is 0 Å². The van der Waals surface area contributed by atoms with Crippen LogP contribution in [-0.4, -0.2) is 43.6 Å². The van der Waals surface area contributed by atoms with Gasteiger partial charge in [0, 0.05) is 12.3 Å². The van der Waals surface area contributed by atoms with Crippen molar-refractivity contribution in [1.82, 2.24) is 19.7 Å². The van der Waals surface area contributed by atoms with Gasteiger partial charge in [-0.2, -0.15) is 13.2 Å². The number of sulfone groups is 1. The van der Waals surface area contributed by atoms with E-state index in [1.807, 2.05) is 0 Å². The zero-order valence-corrected chi connectivity index (χ0v) is 21.2. The second-order valence-corrected chi connectivity index (χ2v) is 13.0. The van der Waals surface area contributed by atoms with Crippen molar-refractivity contribution in [2.75, 3.05) is 17.7 Å². The quantitative estimate of drug-likeness (QED) is 0.404. The number of nitrogens with zero attached hydrogens (tertiary/aromatic N) is 3. The molecule has 0 unspecified atom stereocenters. The molecule has 0 spiro atoms. The molecule has 0 fully saturated rings. The topological polar surface area (TPSA) is 143 Å². The second kappa shape index (κ2) is 9.63. The van der Waals surface area contributed by atoms with Crippen LogP contribution in [0.25, 0.3) is 0 Å². The fourth-order valence-corrected chi connectivity index (χ4v) is 4.92. The zero-order valence-electron chi connectivity index (χ0n) is 19.5. The monoisotopic (exact) mass is 544 g/mol. The van der Waals surface area contributed by atoms with Crippen LogP contribution < -0.4 is 15.4 Å². The number of sulfonamides is 1. The van der Waals surface area contributed by atoms with Gasteiger partial charge in [0.05, 0.1) is 25.8 Å². The summed E-state index contributed by atoms with van der Waals surface area (Å²) < 4.78 is 90.2. The van der Waals surface area contributed by atoms with Gasteiger partial charge >= 0.3 is 6.18 Å². The number of anilines is 4. The zero-order chi connectivity index (χ0) is 26.9. The molecular weight excluding hydrogens is 521 g/mol. The van der Waals surface area contributed by atoms with Crippen LogP contribution in [0.2, 0.25) is 0 Å². The molecule has 36 heavy (non-hydrogen) atoms. The Bertz CT molecular complexity index is 1470. The van der Waals surface area contributed by atoms with Gasteiger partial charge in [-0.15, -0.1) is 0 Å². The highest BCUT2D eigenvalue weighted by Crippen LogP contribution is 2.34. The Hall–Kier alpha value is -3.30. The Morgan fingerprint density at radius 1 is 0.806 bits per heavy atom. The molecule has 0 amide bonds. The summed E-state index contributed by atoms with van der Waals surface area (Å²) >= 11 is 0. The van der Waals surface area contributed by atoms with Crippen molar-refractivity contribution < 1.29 is 30.0 Å². The number of benzene rings is 1. The molecule has 1 aromatic carbocycles. The smallest absolute Gasteiger partial charge is 0.339 e. The van der Waals surface area contributed by atoms with Gasteiger partial charge in [0.1, 0.15) is 23.8 Å². The molecular formula is C21H23F3N6O4S2. The van der Waals surface area contributed by atoms with Gasteiger partial charge in [-0.3, -0.25) is 0 Å². The number of nitrogens with one attached hydrogen (secondary N) is 3. The van der Waals surface area contributed by atoms with Crippen molar-refractivity contribution >= 4 is 43.0 Å². The van der Waals surface area contributed by atoms with Crippen LogP contribution in [0.1, 0.15) is 26.3 Å². The minimum absolute atomic E-state index is 0.0430. The molecule has 3 rings (SSSR count). The molecule has 0 radical (unpaired) electrons. The highest BCUT2D eigenvalue weighted by molar-refractivity contribution is 7.93. The summed E-state index contributed by atoms with van der Waals surface area (Å²) in [6.07, 6.45) is -2.74. The van der Waals surface area contributed by atoms with Crippen molar-refractivity contribution in [3.63, 3.8) is 0 Å². The molecule has 0 atom stereocenters. The van der Waals surface area contributed by atoms with Crippen LogP contribution in [0.4, 0.5) is 36.3 Å². The summed E-state index contributed by atoms with van der Waals surface area (Å²) in [5.74, 6) is 0.300. The molecule has 15 heteroatoms. The Balaban J connectivity index is 1.99. The maximum atomic E-state index is 13.2. The summed E-state index contributed by atoms with van der Waals surface area (Å²) in [5.41, 5.74) is -0.958. The van der Waals surface area contributed by atoms with Crippen LogP contribution in [0.15, 0.2) is 58.7 Å². The lowest BCUT2D eigenvalue weighted by molar-refractivity contribution is -0.137. The third-order valence-corrected chi connectivity index (χ3v) is 8.86. The van der Waals surface area contributed by atoms with Crippen LogP contribution in [0, 0.1) is 0 Å². The maximum Gasteiger partial charge on any atom is 0.417 e. The van der Waals surface area contributed by atoms with Crippen LogP contribution in [0.3, 0.4) is 0 Å². The first-order chi connectivity index (χ1) is 16.5. The number of halogens is 3. The molecule has 0 aliphatic heterocycles. The highest BCUT2D eigenvalue weighted by Gasteiger charge is 2.34. The van der Waals surface area contributed by atoms with Gasteiger partial charge in [-0.25, -0.2) is 36.5 Å². The maximum absolute atomic E-state index is 13.2. The summed E-state index contributed by atoms with van der Waals surface area (Å²) in [7, 11) is -6.58. The fraction of sp³-hybridized carbons (Fsp3) is 0.286. The summed E-state index contributed by atoms with van der Waals surface area (Å²) in [6, 6.07) is 6.87. The molecule has 0 saturated heterocycles. The minimum atomic E-state index is -4.53. The molecule has 10 nitrogen and oxygen atoms in total. The lowest BCUT2D eigenvalue weighted by Crippen LogP contribution is -2.28. The molecule has 0 aliphatic rings. The van der Waals surface area contributed by atoms with Crippen LogP contribution in [-0.2, 0) is 26.0 Å². The Morgan fingerprint density at radius 3 is 1.97 bits per heavy atom. The largest absolute Gasteiger partial charge is 0.417 e. The number of hydrogen-bond acceptors (Lipinski definition) is 9. The van der Waals surface area contributed by atoms with Gasteiger partial charge in [0.15, 0.2) is 9.84 Å². The van der Waals surface area contributed by atoms with Gasteiger partial charge in [-0.1, -0.05) is 0 Å². The molecule has 0 bridgehead atoms. The molecule has 0 aliphatic carbocycles. The Morgan fingerprint density at radius 2 is 1.44 bits per heavy atom. The van der Waals surface area contributed by atoms with E-state index in [0.29, 0.717) is 6.20 Å². The van der Waals surface area contributed by atoms with Crippen molar-refractivity contribution in [3.05, 3.63) is 54.5 Å². The first-order valence-electron chi connectivity index (χ1n) is 10.3. The van der Waals surface area contributed by atoms with Gasteiger partial charge in [0.25, 0.3) is 0 Å². The van der Waals surface area contributed by atoms with E-state index in [-0.39, 0.29) is 32.9 Å². The van der Waals surface area contributed by atoms with Crippen molar-refractivity contribution in [2.45, 2.75) is 41.5 Å². The Labute approximate surface area is 206 Å². The number of hydrogen-bond donors (Lipinski definition) is 3. The number of aromatic nitrogens is 3. The summed E-state index contributed by atoms with van der Waals surface area (Å²) in [5, 5.41) is 5.54. The lowest BCUT2D eigenvalue weighted by Gasteiger charge is -2.22. The van der Waals surface area contributed by atoms with Crippen LogP contribution in [0.5, 0.6) is 0 Å². The predicted octanol–water partition coefficient (Wildman–Crippen LogP) is 3.86. The molecule has 194 valence electrons. The molecule has 3 N–H and O–H groups in total. The van der Waals surface area contributed by atoms with Crippen molar-refractivity contribution in [1.29, 1.82) is 0 Å². The summed E-state index contributed by atoms with van der Waals surface area (Å²) in [4.78, 5) is 11.4. The van der Waals surface area contributed by atoms with Gasteiger partial charge in [0.2, 0.25) is 10.0 Å². The Kier molecular flexibility index (Phi) is 7.30. The second-order valence-electron chi connectivity index (χ2n) is 8.45. The third-order valence-electron chi connectivity index (χ3n) is 4.90. The highest BCUT2D eigenvalue weighted by atomic mass is 32.2. The normalized spacial score (nSPS) is 12.9. The molecule has 3 aromatic rings. The number of rotatable bonds is 7. The van der Waals surface area contributed by atoms with Gasteiger partial charge in [-0.05, 0) is 58.2 Å². The van der Waals surface area contributed by atoms with E-state index < -0.39 is 36.3 Å². The molecule has 2 aromatic heterocycles. The van der Waals surface area contributed by atoms with Crippen molar-refractivity contribution in [2.24, 2.45) is 0 Å². The van der Waals surface area contributed by atoms with E-state index >= 15 is 0 Å². The molecule has 2 heterocycles. The average Bonchev–Trinajstić information content (AvgIpc) is 2.78. The standard InChI is InChI=1S/C21H23F3N6O4S2/c1-20(2,3)35(31,32)16-7-6-14(36(33,34)25-4)9-15(16)29-18-10-19(28-12-27-18)30-17-8-5-13(11-26-17)21(22,23)24/h5-12,25H,1-4H3,(H2,26,27,28,29,30). The average molecular weight is 545 g/mol. The number of alkyl halides is 3. The molecule has 0 saturated carbocycles. The van der Waals surface area contributed by atoms with E-state index in [1.165, 1.54) is 46.0 Å².